The Bertz CT molecular complexity index is 736. The van der Waals surface area contributed by atoms with Crippen molar-refractivity contribution >= 4 is 28.9 Å². The first-order valence-corrected chi connectivity index (χ1v) is 7.66. The molecule has 0 saturated carbocycles. The molecule has 1 heterocycles. The van der Waals surface area contributed by atoms with Crippen LogP contribution < -0.4 is 4.90 Å². The van der Waals surface area contributed by atoms with E-state index in [1.165, 1.54) is 24.3 Å². The minimum Gasteiger partial charge on any atom is -0.454 e. The summed E-state index contributed by atoms with van der Waals surface area (Å²) in [6.45, 7) is 3.65. The Morgan fingerprint density at radius 1 is 1.21 bits per heavy atom. The van der Waals surface area contributed by atoms with Gasteiger partial charge in [-0.05, 0) is 50.2 Å². The lowest BCUT2D eigenvalue weighted by molar-refractivity contribution is 0.0555. The highest BCUT2D eigenvalue weighted by Crippen LogP contribution is 2.19. The Labute approximate surface area is 144 Å². The van der Waals surface area contributed by atoms with Gasteiger partial charge >= 0.3 is 5.97 Å². The summed E-state index contributed by atoms with van der Waals surface area (Å²) in [4.78, 5) is 17.5. The van der Waals surface area contributed by atoms with Crippen molar-refractivity contribution in [1.29, 1.82) is 0 Å². The normalized spacial score (nSPS) is 10.5. The molecule has 0 aliphatic rings. The maximum atomic E-state index is 13.1. The lowest BCUT2D eigenvalue weighted by atomic mass is 10.2. The second-order valence-electron chi connectivity index (χ2n) is 5.26. The largest absolute Gasteiger partial charge is 0.454 e. The van der Waals surface area contributed by atoms with E-state index in [0.29, 0.717) is 10.7 Å². The zero-order valence-electron chi connectivity index (χ0n) is 13.2. The van der Waals surface area contributed by atoms with Crippen LogP contribution >= 0.6 is 12.2 Å². The molecule has 1 aromatic carbocycles. The summed E-state index contributed by atoms with van der Waals surface area (Å²) < 4.78 is 31.2. The number of hydrogen-bond donors (Lipinski definition) is 0. The third-order valence-electron chi connectivity index (χ3n) is 3.14. The van der Waals surface area contributed by atoms with E-state index in [0.717, 1.165) is 6.07 Å². The summed E-state index contributed by atoms with van der Waals surface area (Å²) >= 11 is 5.32. The zero-order valence-corrected chi connectivity index (χ0v) is 14.0. The summed E-state index contributed by atoms with van der Waals surface area (Å²) in [5.41, 5.74) is 0.562. The third kappa shape index (κ3) is 4.55. The summed E-state index contributed by atoms with van der Waals surface area (Å²) in [6, 6.07) is 9.69. The Morgan fingerprint density at radius 3 is 2.46 bits per heavy atom. The number of nitrogens with zero attached hydrogens (tertiary/aromatic N) is 2. The first kappa shape index (κ1) is 17.9. The zero-order chi connectivity index (χ0) is 17.7. The highest BCUT2D eigenvalue weighted by molar-refractivity contribution is 7.80. The molecule has 126 valence electrons. The quantitative estimate of drug-likeness (QED) is 0.467. The van der Waals surface area contributed by atoms with Crippen LogP contribution in [0.2, 0.25) is 0 Å². The third-order valence-corrected chi connectivity index (χ3v) is 3.46. The van der Waals surface area contributed by atoms with Gasteiger partial charge in [0.1, 0.15) is 17.4 Å². The van der Waals surface area contributed by atoms with Crippen LogP contribution in [0.5, 0.6) is 0 Å². The molecule has 0 aliphatic heterocycles. The molecule has 0 unspecified atom stereocenters. The Morgan fingerprint density at radius 2 is 1.88 bits per heavy atom. The average molecular weight is 350 g/mol. The van der Waals surface area contributed by atoms with E-state index in [-0.39, 0.29) is 24.2 Å². The van der Waals surface area contributed by atoms with E-state index in [1.807, 2.05) is 13.8 Å². The number of benzene rings is 1. The fourth-order valence-corrected chi connectivity index (χ4v) is 2.50. The number of hydrogen-bond acceptors (Lipinski definition) is 4. The summed E-state index contributed by atoms with van der Waals surface area (Å²) in [5.74, 6) is -1.88. The molecule has 24 heavy (non-hydrogen) atoms. The number of halogens is 2. The average Bonchev–Trinajstić information content (AvgIpc) is 2.54. The van der Waals surface area contributed by atoms with Crippen LogP contribution in [-0.4, -0.2) is 28.6 Å². The lowest BCUT2D eigenvalue weighted by Gasteiger charge is -2.29. The minimum atomic E-state index is -0.764. The van der Waals surface area contributed by atoms with Crippen LogP contribution in [0.1, 0.15) is 24.3 Å². The van der Waals surface area contributed by atoms with E-state index < -0.39 is 11.9 Å². The second-order valence-corrected chi connectivity index (χ2v) is 5.73. The van der Waals surface area contributed by atoms with E-state index >= 15 is 0 Å². The molecule has 0 N–H and O–H groups in total. The van der Waals surface area contributed by atoms with Crippen molar-refractivity contribution < 1.29 is 18.3 Å². The van der Waals surface area contributed by atoms with Gasteiger partial charge in [0, 0.05) is 11.7 Å². The maximum absolute atomic E-state index is 13.1. The topological polar surface area (TPSA) is 42.4 Å². The highest BCUT2D eigenvalue weighted by atomic mass is 32.1. The van der Waals surface area contributed by atoms with Gasteiger partial charge in [0.25, 0.3) is 0 Å². The number of pyridine rings is 1. The van der Waals surface area contributed by atoms with Crippen molar-refractivity contribution in [3.63, 3.8) is 0 Å². The Hall–Kier alpha value is -2.41. The van der Waals surface area contributed by atoms with Crippen molar-refractivity contribution in [2.24, 2.45) is 0 Å². The van der Waals surface area contributed by atoms with Gasteiger partial charge < -0.3 is 9.64 Å². The molecule has 4 nitrogen and oxygen atoms in total. The minimum absolute atomic E-state index is 0.0195. The van der Waals surface area contributed by atoms with Gasteiger partial charge in [0.15, 0.2) is 5.69 Å². The predicted molar refractivity (Wildman–Crippen MR) is 91.1 cm³/mol. The van der Waals surface area contributed by atoms with Crippen molar-refractivity contribution in [1.82, 2.24) is 4.98 Å². The van der Waals surface area contributed by atoms with Crippen LogP contribution in [0.3, 0.4) is 0 Å². The SMILES string of the molecule is CC(C)N(C(=S)COC(=O)c1cccc(F)n1)c1ccc(F)cc1. The molecule has 0 fully saturated rings. The van der Waals surface area contributed by atoms with Crippen LogP contribution in [0.4, 0.5) is 14.5 Å². The summed E-state index contributed by atoms with van der Waals surface area (Å²) in [5, 5.41) is 0. The van der Waals surface area contributed by atoms with Crippen LogP contribution in [0, 0.1) is 11.8 Å². The van der Waals surface area contributed by atoms with Crippen molar-refractivity contribution in [3.8, 4) is 0 Å². The maximum Gasteiger partial charge on any atom is 0.357 e. The molecule has 7 heteroatoms. The molecule has 0 bridgehead atoms. The number of esters is 1. The first-order valence-electron chi connectivity index (χ1n) is 7.26. The number of ether oxygens (including phenoxy) is 1. The molecule has 0 spiro atoms. The van der Waals surface area contributed by atoms with E-state index in [4.69, 9.17) is 17.0 Å². The van der Waals surface area contributed by atoms with Gasteiger partial charge in [-0.2, -0.15) is 4.39 Å². The number of anilines is 1. The van der Waals surface area contributed by atoms with Crippen LogP contribution in [0.15, 0.2) is 42.5 Å². The Balaban J connectivity index is 2.06. The van der Waals surface area contributed by atoms with Crippen molar-refractivity contribution in [2.75, 3.05) is 11.5 Å². The fraction of sp³-hybridized carbons (Fsp3) is 0.235. The van der Waals surface area contributed by atoms with Crippen molar-refractivity contribution in [2.45, 2.75) is 19.9 Å². The predicted octanol–water partition coefficient (Wildman–Crippen LogP) is 3.76. The standard InChI is InChI=1S/C17H16F2N2O2S/c1-11(2)21(13-8-6-12(18)7-9-13)16(24)10-23-17(22)14-4-3-5-15(19)20-14/h3-9,11H,10H2,1-2H3. The number of thiocarbonyl (C=S) groups is 1. The smallest absolute Gasteiger partial charge is 0.357 e. The second kappa shape index (κ2) is 7.92. The van der Waals surface area contributed by atoms with Gasteiger partial charge in [0.2, 0.25) is 5.95 Å². The van der Waals surface area contributed by atoms with E-state index in [9.17, 15) is 13.6 Å². The van der Waals surface area contributed by atoms with Crippen LogP contribution in [-0.2, 0) is 4.74 Å². The molecule has 0 atom stereocenters. The van der Waals surface area contributed by atoms with Gasteiger partial charge in [-0.25, -0.2) is 14.2 Å². The number of rotatable bonds is 5. The molecule has 0 radical (unpaired) electrons. The molecule has 1 aromatic heterocycles. The van der Waals surface area contributed by atoms with Gasteiger partial charge in [-0.15, -0.1) is 0 Å². The number of carbonyl (C=O) groups is 1. The molecule has 0 saturated heterocycles. The lowest BCUT2D eigenvalue weighted by Crippen LogP contribution is -2.38. The molecular formula is C17H16F2N2O2S. The van der Waals surface area contributed by atoms with Crippen LogP contribution in [0.25, 0.3) is 0 Å². The molecule has 2 rings (SSSR count). The van der Waals surface area contributed by atoms with E-state index in [2.05, 4.69) is 4.98 Å². The fourth-order valence-electron chi connectivity index (χ4n) is 2.12. The van der Waals surface area contributed by atoms with Gasteiger partial charge in [0.05, 0.1) is 0 Å². The van der Waals surface area contributed by atoms with Crippen molar-refractivity contribution in [3.05, 3.63) is 59.9 Å². The first-order chi connectivity index (χ1) is 11.4. The van der Waals surface area contributed by atoms with E-state index in [1.54, 1.807) is 17.0 Å². The van der Waals surface area contributed by atoms with Gasteiger partial charge in [-0.1, -0.05) is 18.3 Å². The number of carbonyl (C=O) groups excluding carboxylic acids is 1. The Kier molecular flexibility index (Phi) is 5.92. The molecule has 2 aromatic rings. The molecule has 0 amide bonds. The highest BCUT2D eigenvalue weighted by Gasteiger charge is 2.18. The number of aromatic nitrogens is 1. The summed E-state index contributed by atoms with van der Waals surface area (Å²) in [7, 11) is 0. The van der Waals surface area contributed by atoms with Gasteiger partial charge in [-0.3, -0.25) is 0 Å². The monoisotopic (exact) mass is 350 g/mol. The molecule has 0 aliphatic carbocycles. The summed E-state index contributed by atoms with van der Waals surface area (Å²) in [6.07, 6.45) is 0. The molecular weight excluding hydrogens is 334 g/mol.